The molecule has 154 valence electrons. The van der Waals surface area contributed by atoms with Crippen molar-refractivity contribution in [1.29, 1.82) is 0 Å². The van der Waals surface area contributed by atoms with E-state index in [2.05, 4.69) is 29.6 Å². The second-order valence-corrected chi connectivity index (χ2v) is 8.17. The lowest BCUT2D eigenvalue weighted by Crippen LogP contribution is -2.51. The molecule has 2 aliphatic heterocycles. The summed E-state index contributed by atoms with van der Waals surface area (Å²) in [5.74, 6) is 0.962. The minimum atomic E-state index is -0.396. The van der Waals surface area contributed by atoms with E-state index in [4.69, 9.17) is 4.42 Å². The first-order valence-corrected chi connectivity index (χ1v) is 10.5. The molecule has 4 rings (SSSR count). The molecule has 29 heavy (non-hydrogen) atoms. The van der Waals surface area contributed by atoms with Crippen LogP contribution in [0.2, 0.25) is 0 Å². The Balaban J connectivity index is 1.29. The first-order chi connectivity index (χ1) is 14.2. The highest BCUT2D eigenvalue weighted by atomic mass is 16.3. The molecule has 6 heteroatoms. The van der Waals surface area contributed by atoms with Gasteiger partial charge in [0.15, 0.2) is 0 Å². The van der Waals surface area contributed by atoms with E-state index in [9.17, 15) is 9.59 Å². The third-order valence-corrected chi connectivity index (χ3v) is 6.20. The molecule has 0 saturated carbocycles. The van der Waals surface area contributed by atoms with Crippen LogP contribution < -0.4 is 5.32 Å². The highest BCUT2D eigenvalue weighted by molar-refractivity contribution is 5.85. The quantitative estimate of drug-likeness (QED) is 0.815. The fraction of sp³-hybridized carbons (Fsp3) is 0.478. The lowest BCUT2D eigenvalue weighted by molar-refractivity contribution is -0.145. The van der Waals surface area contributed by atoms with E-state index >= 15 is 0 Å². The highest BCUT2D eigenvalue weighted by Crippen LogP contribution is 2.40. The molecule has 1 atom stereocenters. The average Bonchev–Trinajstić information content (AvgIpc) is 3.41. The monoisotopic (exact) mass is 395 g/mol. The molecular formula is C23H29N3O3. The standard InChI is InChI=1S/C23H29N3O3/c27-21-23(11-6-14-25(21)13-4-9-19-7-2-1-3-8-19)12-15-26(18-23)22(28)24-17-20-10-5-16-29-20/h1-3,5,7-8,10,16H,4,6,9,11-15,17-18H2,(H,24,28). The normalized spacial score (nSPS) is 21.7. The molecule has 3 heterocycles. The number of carbonyl (C=O) groups excluding carboxylic acids is 2. The van der Waals surface area contributed by atoms with Crippen molar-refractivity contribution in [2.75, 3.05) is 26.2 Å². The van der Waals surface area contributed by atoms with E-state index in [-0.39, 0.29) is 11.9 Å². The van der Waals surface area contributed by atoms with Crippen molar-refractivity contribution in [2.24, 2.45) is 5.41 Å². The summed E-state index contributed by atoms with van der Waals surface area (Å²) >= 11 is 0. The zero-order valence-electron chi connectivity index (χ0n) is 16.8. The molecule has 2 fully saturated rings. The van der Waals surface area contributed by atoms with Gasteiger partial charge >= 0.3 is 6.03 Å². The number of furan rings is 1. The maximum Gasteiger partial charge on any atom is 0.317 e. The number of carbonyl (C=O) groups is 2. The summed E-state index contributed by atoms with van der Waals surface area (Å²) in [6.45, 7) is 3.15. The number of hydrogen-bond acceptors (Lipinski definition) is 3. The van der Waals surface area contributed by atoms with Gasteiger partial charge in [-0.05, 0) is 49.8 Å². The van der Waals surface area contributed by atoms with Gasteiger partial charge in [-0.3, -0.25) is 4.79 Å². The number of urea groups is 1. The van der Waals surface area contributed by atoms with Crippen LogP contribution in [0, 0.1) is 5.41 Å². The van der Waals surface area contributed by atoms with E-state index in [1.54, 1.807) is 17.2 Å². The van der Waals surface area contributed by atoms with Gasteiger partial charge in [0, 0.05) is 26.2 Å². The molecule has 0 radical (unpaired) electrons. The number of piperidine rings is 1. The SMILES string of the molecule is O=C(NCc1ccco1)N1CCC2(CCCN(CCCc3ccccc3)C2=O)C1. The van der Waals surface area contributed by atoms with Crippen LogP contribution in [0.1, 0.15) is 37.0 Å². The minimum absolute atomic E-state index is 0.118. The van der Waals surface area contributed by atoms with Crippen LogP contribution in [-0.2, 0) is 17.8 Å². The van der Waals surface area contributed by atoms with Gasteiger partial charge in [0.1, 0.15) is 5.76 Å². The van der Waals surface area contributed by atoms with E-state index in [1.165, 1.54) is 5.56 Å². The summed E-state index contributed by atoms with van der Waals surface area (Å²) in [5.41, 5.74) is 0.916. The first-order valence-electron chi connectivity index (χ1n) is 10.5. The Morgan fingerprint density at radius 1 is 1.10 bits per heavy atom. The first kappa shape index (κ1) is 19.6. The Morgan fingerprint density at radius 3 is 2.76 bits per heavy atom. The molecule has 1 spiro atoms. The summed E-state index contributed by atoms with van der Waals surface area (Å²) < 4.78 is 5.26. The molecule has 1 aromatic carbocycles. The van der Waals surface area contributed by atoms with Crippen molar-refractivity contribution in [1.82, 2.24) is 15.1 Å². The summed E-state index contributed by atoms with van der Waals surface area (Å²) in [6, 6.07) is 13.9. The zero-order chi connectivity index (χ0) is 20.1. The van der Waals surface area contributed by atoms with Gasteiger partial charge in [-0.1, -0.05) is 30.3 Å². The second-order valence-electron chi connectivity index (χ2n) is 8.17. The molecule has 0 aliphatic carbocycles. The van der Waals surface area contributed by atoms with E-state index < -0.39 is 5.41 Å². The second kappa shape index (κ2) is 8.72. The van der Waals surface area contributed by atoms with Gasteiger partial charge < -0.3 is 19.5 Å². The van der Waals surface area contributed by atoms with Crippen LogP contribution in [-0.4, -0.2) is 47.9 Å². The van der Waals surface area contributed by atoms with Crippen LogP contribution in [0.3, 0.4) is 0 Å². The van der Waals surface area contributed by atoms with E-state index in [0.717, 1.165) is 51.0 Å². The number of hydrogen-bond donors (Lipinski definition) is 1. The summed E-state index contributed by atoms with van der Waals surface area (Å²) in [7, 11) is 0. The van der Waals surface area contributed by atoms with Crippen molar-refractivity contribution in [3.8, 4) is 0 Å². The van der Waals surface area contributed by atoms with Gasteiger partial charge in [-0.15, -0.1) is 0 Å². The number of nitrogens with one attached hydrogen (secondary N) is 1. The number of aryl methyl sites for hydroxylation is 1. The molecule has 1 N–H and O–H groups in total. The lowest BCUT2D eigenvalue weighted by Gasteiger charge is -2.39. The van der Waals surface area contributed by atoms with Crippen molar-refractivity contribution in [2.45, 2.75) is 38.6 Å². The van der Waals surface area contributed by atoms with Gasteiger partial charge in [0.25, 0.3) is 0 Å². The third-order valence-electron chi connectivity index (χ3n) is 6.20. The number of likely N-dealkylation sites (tertiary alicyclic amines) is 2. The van der Waals surface area contributed by atoms with Crippen LogP contribution >= 0.6 is 0 Å². The predicted molar refractivity (Wildman–Crippen MR) is 110 cm³/mol. The predicted octanol–water partition coefficient (Wildman–Crippen LogP) is 3.44. The fourth-order valence-corrected chi connectivity index (χ4v) is 4.60. The van der Waals surface area contributed by atoms with Crippen LogP contribution in [0.15, 0.2) is 53.1 Å². The number of nitrogens with zero attached hydrogens (tertiary/aromatic N) is 2. The van der Waals surface area contributed by atoms with Gasteiger partial charge in [0.05, 0.1) is 18.2 Å². The summed E-state index contributed by atoms with van der Waals surface area (Å²) in [5, 5.41) is 2.90. The molecule has 1 unspecified atom stereocenters. The molecule has 0 bridgehead atoms. The molecule has 2 aliphatic rings. The number of benzene rings is 1. The smallest absolute Gasteiger partial charge is 0.317 e. The molecule has 1 aromatic heterocycles. The maximum absolute atomic E-state index is 13.3. The Labute approximate surface area is 171 Å². The molecular weight excluding hydrogens is 366 g/mol. The Bertz CT molecular complexity index is 821. The topological polar surface area (TPSA) is 65.8 Å². The minimum Gasteiger partial charge on any atom is -0.467 e. The number of rotatable bonds is 6. The van der Waals surface area contributed by atoms with Crippen molar-refractivity contribution in [3.05, 3.63) is 60.1 Å². The zero-order valence-corrected chi connectivity index (χ0v) is 16.8. The molecule has 6 nitrogen and oxygen atoms in total. The Morgan fingerprint density at radius 2 is 1.97 bits per heavy atom. The van der Waals surface area contributed by atoms with Crippen molar-refractivity contribution >= 4 is 11.9 Å². The van der Waals surface area contributed by atoms with Gasteiger partial charge in [-0.25, -0.2) is 4.79 Å². The van der Waals surface area contributed by atoms with Crippen molar-refractivity contribution in [3.63, 3.8) is 0 Å². The largest absolute Gasteiger partial charge is 0.467 e. The molecule has 2 saturated heterocycles. The third kappa shape index (κ3) is 4.47. The molecule has 3 amide bonds. The average molecular weight is 396 g/mol. The van der Waals surface area contributed by atoms with E-state index in [1.807, 2.05) is 17.0 Å². The Kier molecular flexibility index (Phi) is 5.88. The van der Waals surface area contributed by atoms with E-state index in [0.29, 0.717) is 19.6 Å². The van der Waals surface area contributed by atoms with Crippen LogP contribution in [0.5, 0.6) is 0 Å². The fourth-order valence-electron chi connectivity index (χ4n) is 4.60. The van der Waals surface area contributed by atoms with Gasteiger partial charge in [-0.2, -0.15) is 0 Å². The summed E-state index contributed by atoms with van der Waals surface area (Å²) in [6.07, 6.45) is 6.20. The van der Waals surface area contributed by atoms with Crippen molar-refractivity contribution < 1.29 is 14.0 Å². The number of amides is 3. The Hall–Kier alpha value is -2.76. The highest BCUT2D eigenvalue weighted by Gasteiger charge is 2.49. The van der Waals surface area contributed by atoms with Crippen LogP contribution in [0.4, 0.5) is 4.79 Å². The summed E-state index contributed by atoms with van der Waals surface area (Å²) in [4.78, 5) is 29.6. The molecule has 2 aromatic rings. The van der Waals surface area contributed by atoms with Gasteiger partial charge in [0.2, 0.25) is 5.91 Å². The lowest BCUT2D eigenvalue weighted by atomic mass is 9.78. The van der Waals surface area contributed by atoms with Crippen LogP contribution in [0.25, 0.3) is 0 Å². The maximum atomic E-state index is 13.3.